The highest BCUT2D eigenvalue weighted by molar-refractivity contribution is 7.13. The molecule has 372 valence electrons. The van der Waals surface area contributed by atoms with Crippen molar-refractivity contribution in [3.63, 3.8) is 0 Å². The Bertz CT molecular complexity index is 2840. The summed E-state index contributed by atoms with van der Waals surface area (Å²) in [5, 5.41) is 26.1. The second-order valence-corrected chi connectivity index (χ2v) is 19.9. The van der Waals surface area contributed by atoms with Crippen LogP contribution in [0.3, 0.4) is 0 Å². The first-order chi connectivity index (χ1) is 33.6. The number of unbranched alkanes of at least 4 members (excludes halogenated alkanes) is 1. The monoisotopic (exact) mass is 991 g/mol. The van der Waals surface area contributed by atoms with E-state index in [1.165, 1.54) is 24.8 Å². The third-order valence-corrected chi connectivity index (χ3v) is 13.5. The van der Waals surface area contributed by atoms with Crippen molar-refractivity contribution in [2.75, 3.05) is 29.6 Å². The van der Waals surface area contributed by atoms with Crippen LogP contribution in [-0.4, -0.2) is 82.2 Å². The summed E-state index contributed by atoms with van der Waals surface area (Å²) in [6.07, 6.45) is -4.20. The summed E-state index contributed by atoms with van der Waals surface area (Å²) in [5.74, 6) is -0.363. The van der Waals surface area contributed by atoms with Gasteiger partial charge in [-0.25, -0.2) is 14.7 Å². The number of rotatable bonds is 17. The Morgan fingerprint density at radius 1 is 0.958 bits per heavy atom. The van der Waals surface area contributed by atoms with Crippen molar-refractivity contribution in [3.05, 3.63) is 137 Å². The van der Waals surface area contributed by atoms with Gasteiger partial charge in [0.05, 0.1) is 64.3 Å². The number of carbonyl (C=O) groups excluding carboxylic acids is 4. The molecule has 0 radical (unpaired) electrons. The number of anilines is 2. The number of aryl methyl sites for hydroxylation is 1. The number of nitrogens with zero attached hydrogens (tertiary/aromatic N) is 5. The maximum absolute atomic E-state index is 13.8. The molecule has 2 fully saturated rings. The summed E-state index contributed by atoms with van der Waals surface area (Å²) in [5.41, 5.74) is 1.84. The van der Waals surface area contributed by atoms with Gasteiger partial charge in [-0.3, -0.25) is 19.3 Å². The molecular weight excluding hydrogens is 936 g/mol. The van der Waals surface area contributed by atoms with Crippen LogP contribution in [0.15, 0.2) is 109 Å². The smallest absolute Gasteiger partial charge is 0.417 e. The third kappa shape index (κ3) is 11.5. The van der Waals surface area contributed by atoms with Crippen LogP contribution in [-0.2, 0) is 22.3 Å². The van der Waals surface area contributed by atoms with Gasteiger partial charge in [0.25, 0.3) is 11.8 Å². The van der Waals surface area contributed by atoms with Crippen molar-refractivity contribution >= 4 is 46.5 Å². The number of aliphatic hydroxyl groups excluding tert-OH is 1. The summed E-state index contributed by atoms with van der Waals surface area (Å²) >= 11 is 1.58. The minimum atomic E-state index is -4.87. The van der Waals surface area contributed by atoms with E-state index in [0.29, 0.717) is 72.0 Å². The number of thiazole rings is 1. The first kappa shape index (κ1) is 51.6. The number of alkyl halides is 3. The summed E-state index contributed by atoms with van der Waals surface area (Å²) in [7, 11) is 0. The highest BCUT2D eigenvalue weighted by Gasteiger charge is 2.53. The van der Waals surface area contributed by atoms with Crippen molar-refractivity contribution in [1.82, 2.24) is 20.5 Å². The van der Waals surface area contributed by atoms with Crippen LogP contribution in [0.4, 0.5) is 29.3 Å². The van der Waals surface area contributed by atoms with Crippen LogP contribution in [0.25, 0.3) is 10.4 Å². The van der Waals surface area contributed by atoms with Gasteiger partial charge in [-0.05, 0) is 111 Å². The van der Waals surface area contributed by atoms with Gasteiger partial charge in [0.15, 0.2) is 0 Å². The van der Waals surface area contributed by atoms with E-state index >= 15 is 0 Å². The number of hydrogen-bond donors (Lipinski definition) is 3. The van der Waals surface area contributed by atoms with Crippen LogP contribution in [0, 0.1) is 23.7 Å². The van der Waals surface area contributed by atoms with Crippen molar-refractivity contribution in [2.45, 2.75) is 97.3 Å². The van der Waals surface area contributed by atoms with E-state index in [2.05, 4.69) is 22.2 Å². The Balaban J connectivity index is 0.884. The predicted molar refractivity (Wildman–Crippen MR) is 264 cm³/mol. The van der Waals surface area contributed by atoms with Crippen LogP contribution in [0.5, 0.6) is 11.5 Å². The number of carbonyl (C=O) groups is 4. The topological polar surface area (TPSA) is 177 Å². The van der Waals surface area contributed by atoms with Gasteiger partial charge >= 0.3 is 12.2 Å². The molecule has 18 heteroatoms. The molecule has 71 heavy (non-hydrogen) atoms. The van der Waals surface area contributed by atoms with E-state index in [0.717, 1.165) is 33.8 Å². The molecule has 5 amide bonds. The molecule has 14 nitrogen and oxygen atoms in total. The number of β-amino-alcohol motifs (C(OH)–C–C–N with tert-alkyl or cyclic N) is 1. The molecule has 2 aliphatic heterocycles. The molecule has 0 saturated carbocycles. The minimum absolute atomic E-state index is 0.190. The Morgan fingerprint density at radius 2 is 1.62 bits per heavy atom. The maximum atomic E-state index is 13.8. The second-order valence-electron chi connectivity index (χ2n) is 19.1. The summed E-state index contributed by atoms with van der Waals surface area (Å²) < 4.78 is 53.0. The lowest BCUT2D eigenvalue weighted by atomic mass is 9.84. The molecule has 0 aliphatic carbocycles. The van der Waals surface area contributed by atoms with Crippen LogP contribution in [0.1, 0.15) is 86.6 Å². The standard InChI is InChI=1S/C53H56F3N7O7S/c1-32-45(71-31-59-32)35-15-13-34(14-16-35)29-58-48(66)44-27-40(64)30-61(44)33(2)46(51(3,4)5)60-47(65)36-11-10-12-42(25-36)70-24-9-8-23-69-41-21-19-38(20-22-41)63-50(68)62(49(67)52(63,6)7)39-18-17-37(28-57)43(26-39)53(54,55)56/h10-22,25-26,31,40,44,46,64H,2,8-9,23-24,27,29-30H2,1,3-7H3,(H,58,66)(H,60,65)/t40-,44?,46-/m1/s1. The third-order valence-electron chi connectivity index (χ3n) is 12.5. The average molecular weight is 992 g/mol. The molecule has 2 aliphatic rings. The van der Waals surface area contributed by atoms with Crippen molar-refractivity contribution < 1.29 is 46.9 Å². The van der Waals surface area contributed by atoms with Gasteiger partial charge in [0.1, 0.15) is 23.1 Å². The van der Waals surface area contributed by atoms with Gasteiger partial charge in [-0.15, -0.1) is 11.3 Å². The van der Waals surface area contributed by atoms with Crippen LogP contribution < -0.4 is 29.9 Å². The molecule has 3 atom stereocenters. The Labute approximate surface area is 414 Å². The summed E-state index contributed by atoms with van der Waals surface area (Å²) in [6, 6.07) is 23.3. The zero-order chi connectivity index (χ0) is 51.4. The number of ether oxygens (including phenoxy) is 2. The van der Waals surface area contributed by atoms with Gasteiger partial charge in [0, 0.05) is 36.5 Å². The summed E-state index contributed by atoms with van der Waals surface area (Å²) in [4.78, 5) is 63.6. The van der Waals surface area contributed by atoms with E-state index in [1.54, 1.807) is 64.8 Å². The van der Waals surface area contributed by atoms with Crippen LogP contribution in [0.2, 0.25) is 0 Å². The Kier molecular flexibility index (Phi) is 15.3. The van der Waals surface area contributed by atoms with E-state index < -0.39 is 58.4 Å². The number of halogens is 3. The lowest BCUT2D eigenvalue weighted by Crippen LogP contribution is -2.52. The predicted octanol–water partition coefficient (Wildman–Crippen LogP) is 9.41. The molecule has 1 aromatic heterocycles. The normalized spacial score (nSPS) is 17.2. The number of aromatic nitrogens is 1. The van der Waals surface area contributed by atoms with Gasteiger partial charge in [-0.1, -0.05) is 57.7 Å². The fraction of sp³-hybridized carbons (Fsp3) is 0.358. The SMILES string of the molecule is C=C([C@@H](NC(=O)c1cccc(OCCCCOc2ccc(N3C(=O)N(c4ccc(C#N)c(C(F)(F)F)c4)C(=O)C3(C)C)cc2)c1)C(C)(C)C)N1C[C@H](O)CC1C(=O)NCc1ccc(-c2scnc2C)cc1. The second kappa shape index (κ2) is 21.0. The first-order valence-corrected chi connectivity index (χ1v) is 23.9. The Hall–Kier alpha value is -7.23. The molecule has 3 heterocycles. The first-order valence-electron chi connectivity index (χ1n) is 23.1. The average Bonchev–Trinajstić information content (AvgIpc) is 4.00. The molecule has 0 spiro atoms. The van der Waals surface area contributed by atoms with Gasteiger partial charge in [-0.2, -0.15) is 18.4 Å². The quantitative estimate of drug-likeness (QED) is 0.0601. The molecule has 1 unspecified atom stereocenters. The largest absolute Gasteiger partial charge is 0.494 e. The number of nitrogens with one attached hydrogen (secondary N) is 2. The molecule has 5 aromatic rings. The number of nitriles is 1. The summed E-state index contributed by atoms with van der Waals surface area (Å²) in [6.45, 7) is 16.4. The van der Waals surface area contributed by atoms with Crippen molar-refractivity contribution in [1.29, 1.82) is 5.26 Å². The van der Waals surface area contributed by atoms with Crippen molar-refractivity contribution in [2.24, 2.45) is 5.41 Å². The molecular formula is C53H56F3N7O7S. The minimum Gasteiger partial charge on any atom is -0.494 e. The number of hydrogen-bond acceptors (Lipinski definition) is 11. The molecule has 4 aromatic carbocycles. The maximum Gasteiger partial charge on any atom is 0.417 e. The molecule has 2 saturated heterocycles. The number of amides is 5. The fourth-order valence-electron chi connectivity index (χ4n) is 8.68. The molecule has 0 bridgehead atoms. The zero-order valence-electron chi connectivity index (χ0n) is 40.3. The van der Waals surface area contributed by atoms with E-state index in [-0.39, 0.29) is 30.5 Å². The Morgan fingerprint density at radius 3 is 2.24 bits per heavy atom. The van der Waals surface area contributed by atoms with E-state index in [1.807, 2.05) is 57.5 Å². The highest BCUT2D eigenvalue weighted by atomic mass is 32.1. The number of likely N-dealkylation sites (tertiary alicyclic amines) is 1. The molecule has 3 N–H and O–H groups in total. The van der Waals surface area contributed by atoms with Crippen LogP contribution >= 0.6 is 11.3 Å². The highest BCUT2D eigenvalue weighted by Crippen LogP contribution is 2.40. The van der Waals surface area contributed by atoms with Crippen molar-refractivity contribution in [3.8, 4) is 28.0 Å². The number of urea groups is 1. The fourth-order valence-corrected chi connectivity index (χ4v) is 9.49. The molecule has 7 rings (SSSR count). The zero-order valence-corrected chi connectivity index (χ0v) is 41.1. The lowest BCUT2D eigenvalue weighted by molar-refractivity contribution is -0.137. The number of aliphatic hydroxyl groups is 1. The number of imide groups is 1. The van der Waals surface area contributed by atoms with Gasteiger partial charge in [0.2, 0.25) is 5.91 Å². The lowest BCUT2D eigenvalue weighted by Gasteiger charge is -2.39. The van der Waals surface area contributed by atoms with Gasteiger partial charge < -0.3 is 30.1 Å². The number of benzene rings is 4. The van der Waals surface area contributed by atoms with E-state index in [9.17, 15) is 42.7 Å². The van der Waals surface area contributed by atoms with E-state index in [4.69, 9.17) is 9.47 Å².